The van der Waals surface area contributed by atoms with Crippen LogP contribution in [0.4, 0.5) is 4.39 Å². The molecule has 6 rings (SSSR count). The number of pyridine rings is 1. The molecule has 7 nitrogen and oxygen atoms in total. The molecule has 2 aliphatic rings. The third kappa shape index (κ3) is 3.21. The summed E-state index contributed by atoms with van der Waals surface area (Å²) >= 11 is 0. The number of hydrogen-bond donors (Lipinski definition) is 0. The van der Waals surface area contributed by atoms with Gasteiger partial charge in [-0.15, -0.1) is 5.10 Å². The number of carbonyl (C=O) groups excluding carboxylic acids is 1. The van der Waals surface area contributed by atoms with E-state index >= 15 is 0 Å². The highest BCUT2D eigenvalue weighted by molar-refractivity contribution is 6.00. The lowest BCUT2D eigenvalue weighted by molar-refractivity contribution is -0.118. The van der Waals surface area contributed by atoms with Gasteiger partial charge in [-0.25, -0.2) is 18.9 Å². The predicted molar refractivity (Wildman–Crippen MR) is 118 cm³/mol. The van der Waals surface area contributed by atoms with Crippen molar-refractivity contribution < 1.29 is 13.9 Å². The van der Waals surface area contributed by atoms with E-state index < -0.39 is 5.92 Å². The Bertz CT molecular complexity index is 1440. The van der Waals surface area contributed by atoms with Gasteiger partial charge in [0.25, 0.3) is 0 Å². The molecule has 0 spiro atoms. The number of fused-ring (bicyclic) bond motifs is 3. The first kappa shape index (κ1) is 19.7. The highest BCUT2D eigenvalue weighted by atomic mass is 19.1. The zero-order chi connectivity index (χ0) is 22.7. The Morgan fingerprint density at radius 2 is 1.97 bits per heavy atom. The van der Waals surface area contributed by atoms with Gasteiger partial charge in [0.05, 0.1) is 11.5 Å². The Kier molecular flexibility index (Phi) is 4.20. The van der Waals surface area contributed by atoms with Crippen LogP contribution < -0.4 is 4.74 Å². The van der Waals surface area contributed by atoms with Crippen molar-refractivity contribution in [1.29, 1.82) is 0 Å². The molecule has 1 aromatic carbocycles. The molecule has 33 heavy (non-hydrogen) atoms. The first-order valence-corrected chi connectivity index (χ1v) is 10.7. The van der Waals surface area contributed by atoms with E-state index in [9.17, 15) is 9.18 Å². The van der Waals surface area contributed by atoms with Crippen molar-refractivity contribution in [3.05, 3.63) is 83.4 Å². The SMILES string of the molecule is CC1(C)CC(=O)C2=C(C1)Oc1ncn3nc(-c4ccc(F)cc4)nc3c1C2c1cccnc1. The quantitative estimate of drug-likeness (QED) is 0.456. The van der Waals surface area contributed by atoms with Crippen molar-refractivity contribution in [1.82, 2.24) is 24.6 Å². The maximum atomic E-state index is 13.4. The van der Waals surface area contributed by atoms with Crippen LogP contribution in [0.1, 0.15) is 43.7 Å². The van der Waals surface area contributed by atoms with Gasteiger partial charge in [0.1, 0.15) is 17.9 Å². The number of benzene rings is 1. The maximum absolute atomic E-state index is 13.4. The van der Waals surface area contributed by atoms with E-state index in [0.717, 1.165) is 5.56 Å². The van der Waals surface area contributed by atoms with Crippen LogP contribution in [0.2, 0.25) is 0 Å². The fraction of sp³-hybridized carbons (Fsp3) is 0.240. The summed E-state index contributed by atoms with van der Waals surface area (Å²) < 4.78 is 21.2. The minimum Gasteiger partial charge on any atom is -0.442 e. The van der Waals surface area contributed by atoms with Gasteiger partial charge in [-0.2, -0.15) is 0 Å². The lowest BCUT2D eigenvalue weighted by Gasteiger charge is -2.37. The zero-order valence-corrected chi connectivity index (χ0v) is 18.1. The average Bonchev–Trinajstić information content (AvgIpc) is 3.22. The topological polar surface area (TPSA) is 82.3 Å². The fourth-order valence-electron chi connectivity index (χ4n) is 4.75. The Balaban J connectivity index is 1.59. The van der Waals surface area contributed by atoms with Crippen molar-refractivity contribution in [2.24, 2.45) is 5.41 Å². The van der Waals surface area contributed by atoms with Crippen LogP contribution in [0.5, 0.6) is 5.88 Å². The molecule has 1 aliphatic heterocycles. The van der Waals surface area contributed by atoms with E-state index in [1.54, 1.807) is 35.4 Å². The van der Waals surface area contributed by atoms with Gasteiger partial charge >= 0.3 is 0 Å². The van der Waals surface area contributed by atoms with Gasteiger partial charge < -0.3 is 4.74 Å². The molecule has 0 fully saturated rings. The zero-order valence-electron chi connectivity index (χ0n) is 18.1. The lowest BCUT2D eigenvalue weighted by atomic mass is 9.70. The van der Waals surface area contributed by atoms with E-state index in [-0.39, 0.29) is 17.0 Å². The van der Waals surface area contributed by atoms with Crippen LogP contribution >= 0.6 is 0 Å². The minimum absolute atomic E-state index is 0.0565. The maximum Gasteiger partial charge on any atom is 0.228 e. The predicted octanol–water partition coefficient (Wildman–Crippen LogP) is 4.49. The molecule has 4 heterocycles. The Labute approximate surface area is 189 Å². The largest absolute Gasteiger partial charge is 0.442 e. The van der Waals surface area contributed by atoms with Gasteiger partial charge in [0, 0.05) is 36.4 Å². The summed E-state index contributed by atoms with van der Waals surface area (Å²) in [6, 6.07) is 9.80. The fourth-order valence-corrected chi connectivity index (χ4v) is 4.75. The molecule has 8 heteroatoms. The van der Waals surface area contributed by atoms with Gasteiger partial charge in [0.2, 0.25) is 5.88 Å². The molecule has 0 N–H and O–H groups in total. The number of ketones is 1. The van der Waals surface area contributed by atoms with E-state index in [2.05, 4.69) is 28.9 Å². The standard InChI is InChI=1S/C25H20FN5O2/c1-25(2)10-17(32)20-18(11-25)33-24-21(19(20)15-4-3-9-27-12-15)23-29-22(30-31(23)13-28-24)14-5-7-16(26)8-6-14/h3-9,12-13,19H,10-11H2,1-2H3. The second-order valence-corrected chi connectivity index (χ2v) is 9.27. The van der Waals surface area contributed by atoms with Crippen LogP contribution in [0.3, 0.4) is 0 Å². The molecular weight excluding hydrogens is 421 g/mol. The Morgan fingerprint density at radius 1 is 1.15 bits per heavy atom. The summed E-state index contributed by atoms with van der Waals surface area (Å²) in [5, 5.41) is 4.54. The molecule has 0 radical (unpaired) electrons. The van der Waals surface area contributed by atoms with Crippen LogP contribution in [-0.4, -0.2) is 30.3 Å². The molecule has 0 bridgehead atoms. The summed E-state index contributed by atoms with van der Waals surface area (Å²) in [6.07, 6.45) is 6.09. The molecule has 4 aromatic rings. The molecular formula is C25H20FN5O2. The number of aromatic nitrogens is 5. The summed E-state index contributed by atoms with van der Waals surface area (Å²) in [4.78, 5) is 26.9. The first-order chi connectivity index (χ1) is 15.9. The number of halogens is 1. The molecule has 164 valence electrons. The van der Waals surface area contributed by atoms with Crippen molar-refractivity contribution in [2.75, 3.05) is 0 Å². The van der Waals surface area contributed by atoms with Gasteiger partial charge in [-0.1, -0.05) is 19.9 Å². The Hall–Kier alpha value is -3.94. The number of rotatable bonds is 2. The Morgan fingerprint density at radius 3 is 2.73 bits per heavy atom. The molecule has 0 amide bonds. The van der Waals surface area contributed by atoms with Crippen molar-refractivity contribution in [2.45, 2.75) is 32.6 Å². The van der Waals surface area contributed by atoms with Crippen LogP contribution in [0.25, 0.3) is 17.0 Å². The van der Waals surface area contributed by atoms with Gasteiger partial charge in [0.15, 0.2) is 17.3 Å². The van der Waals surface area contributed by atoms with Gasteiger partial charge in [-0.05, 0) is 41.3 Å². The first-order valence-electron chi connectivity index (χ1n) is 10.7. The molecule has 0 saturated heterocycles. The molecule has 1 aliphatic carbocycles. The summed E-state index contributed by atoms with van der Waals surface area (Å²) in [7, 11) is 0. The lowest BCUT2D eigenvalue weighted by Crippen LogP contribution is -2.33. The van der Waals surface area contributed by atoms with Crippen LogP contribution in [0, 0.1) is 11.2 Å². The number of carbonyl (C=O) groups is 1. The third-order valence-electron chi connectivity index (χ3n) is 6.18. The summed E-state index contributed by atoms with van der Waals surface area (Å²) in [6.45, 7) is 4.13. The highest BCUT2D eigenvalue weighted by Gasteiger charge is 2.44. The highest BCUT2D eigenvalue weighted by Crippen LogP contribution is 2.50. The summed E-state index contributed by atoms with van der Waals surface area (Å²) in [5.74, 6) is 0.825. The second kappa shape index (κ2) is 7.03. The summed E-state index contributed by atoms with van der Waals surface area (Å²) in [5.41, 5.74) is 3.20. The number of hydrogen-bond acceptors (Lipinski definition) is 6. The van der Waals surface area contributed by atoms with Gasteiger partial charge in [-0.3, -0.25) is 9.78 Å². The van der Waals surface area contributed by atoms with Crippen molar-refractivity contribution >= 4 is 11.4 Å². The van der Waals surface area contributed by atoms with Crippen LogP contribution in [0.15, 0.2) is 66.5 Å². The smallest absolute Gasteiger partial charge is 0.228 e. The molecule has 1 unspecified atom stereocenters. The average molecular weight is 441 g/mol. The monoisotopic (exact) mass is 441 g/mol. The van der Waals surface area contributed by atoms with E-state index in [0.29, 0.717) is 52.7 Å². The number of allylic oxidation sites excluding steroid dienone is 2. The second-order valence-electron chi connectivity index (χ2n) is 9.27. The third-order valence-corrected chi connectivity index (χ3v) is 6.18. The molecule has 3 aromatic heterocycles. The number of nitrogens with zero attached hydrogens (tertiary/aromatic N) is 5. The molecule has 0 saturated carbocycles. The number of Topliss-reactive ketones (excluding diaryl/α,β-unsaturated/α-hetero) is 1. The normalized spacial score (nSPS) is 19.2. The number of ether oxygens (including phenoxy) is 1. The van der Waals surface area contributed by atoms with Crippen molar-refractivity contribution in [3.8, 4) is 17.3 Å². The minimum atomic E-state index is -0.414. The molecule has 1 atom stereocenters. The van der Waals surface area contributed by atoms with Crippen molar-refractivity contribution in [3.63, 3.8) is 0 Å². The van der Waals surface area contributed by atoms with Crippen LogP contribution in [-0.2, 0) is 4.79 Å². The van der Waals surface area contributed by atoms with E-state index in [1.807, 2.05) is 12.1 Å². The van der Waals surface area contributed by atoms with E-state index in [1.165, 1.54) is 12.1 Å². The van der Waals surface area contributed by atoms with E-state index in [4.69, 9.17) is 9.72 Å².